The van der Waals surface area contributed by atoms with E-state index in [1.165, 1.54) is 12.0 Å². The van der Waals surface area contributed by atoms with Gasteiger partial charge in [-0.05, 0) is 48.8 Å². The summed E-state index contributed by atoms with van der Waals surface area (Å²) in [5, 5.41) is 0. The first-order valence-corrected chi connectivity index (χ1v) is 8.45. The van der Waals surface area contributed by atoms with E-state index >= 15 is 0 Å². The number of nitrogens with zero attached hydrogens (tertiary/aromatic N) is 1. The summed E-state index contributed by atoms with van der Waals surface area (Å²) >= 11 is 0. The largest absolute Gasteiger partial charge is 0.381 e. The van der Waals surface area contributed by atoms with E-state index in [0.717, 1.165) is 44.7 Å². The lowest BCUT2D eigenvalue weighted by Crippen LogP contribution is -2.33. The van der Waals surface area contributed by atoms with Crippen molar-refractivity contribution in [3.8, 4) is 0 Å². The Morgan fingerprint density at radius 1 is 1.22 bits per heavy atom. The van der Waals surface area contributed by atoms with Crippen molar-refractivity contribution in [2.45, 2.75) is 31.2 Å². The van der Waals surface area contributed by atoms with Gasteiger partial charge in [-0.1, -0.05) is 12.1 Å². The predicted molar refractivity (Wildman–Crippen MR) is 92.0 cm³/mol. The van der Waals surface area contributed by atoms with Crippen molar-refractivity contribution in [3.05, 3.63) is 35.4 Å². The first-order valence-electron chi connectivity index (χ1n) is 8.45. The van der Waals surface area contributed by atoms with Gasteiger partial charge in [0.25, 0.3) is 5.91 Å². The molecule has 1 saturated carbocycles. The molecule has 126 valence electrons. The van der Waals surface area contributed by atoms with Gasteiger partial charge in [-0.3, -0.25) is 4.79 Å². The van der Waals surface area contributed by atoms with Gasteiger partial charge in [-0.25, -0.2) is 0 Å². The molecule has 0 spiro atoms. The van der Waals surface area contributed by atoms with Gasteiger partial charge in [0.05, 0.1) is 6.61 Å². The minimum absolute atomic E-state index is 0. The van der Waals surface area contributed by atoms with Crippen molar-refractivity contribution >= 4 is 18.3 Å². The van der Waals surface area contributed by atoms with Crippen LogP contribution in [0.25, 0.3) is 0 Å². The van der Waals surface area contributed by atoms with Crippen LogP contribution in [0.2, 0.25) is 0 Å². The summed E-state index contributed by atoms with van der Waals surface area (Å²) in [6.07, 6.45) is 3.35. The molecule has 23 heavy (non-hydrogen) atoms. The lowest BCUT2D eigenvalue weighted by Gasteiger charge is -2.19. The Kier molecular flexibility index (Phi) is 4.95. The molecule has 4 atom stereocenters. The molecule has 5 heteroatoms. The molecule has 1 amide bonds. The van der Waals surface area contributed by atoms with Gasteiger partial charge in [0, 0.05) is 37.2 Å². The van der Waals surface area contributed by atoms with Gasteiger partial charge < -0.3 is 15.4 Å². The molecule has 1 aromatic carbocycles. The van der Waals surface area contributed by atoms with Crippen LogP contribution in [0.3, 0.4) is 0 Å². The summed E-state index contributed by atoms with van der Waals surface area (Å²) in [6.45, 7) is 3.33. The van der Waals surface area contributed by atoms with Crippen LogP contribution in [0.15, 0.2) is 24.3 Å². The van der Waals surface area contributed by atoms with Crippen LogP contribution in [0.1, 0.15) is 41.1 Å². The highest BCUT2D eigenvalue weighted by Gasteiger charge is 2.42. The maximum atomic E-state index is 12.8. The molecule has 3 aliphatic rings. The number of hydrogen-bond acceptors (Lipinski definition) is 3. The van der Waals surface area contributed by atoms with Crippen LogP contribution in [-0.4, -0.2) is 43.2 Å². The number of ether oxygens (including phenoxy) is 1. The summed E-state index contributed by atoms with van der Waals surface area (Å²) in [7, 11) is 0. The molecule has 3 fully saturated rings. The molecule has 1 aliphatic carbocycles. The lowest BCUT2D eigenvalue weighted by molar-refractivity contribution is 0.0779. The molecular formula is C18H25ClN2O2. The highest BCUT2D eigenvalue weighted by Crippen LogP contribution is 2.37. The Bertz CT molecular complexity index is 574. The average molecular weight is 337 g/mol. The third kappa shape index (κ3) is 3.12. The molecule has 0 bridgehead atoms. The number of fused-ring (bicyclic) bond motifs is 1. The second kappa shape index (κ2) is 6.80. The van der Waals surface area contributed by atoms with E-state index in [1.807, 2.05) is 17.0 Å². The summed E-state index contributed by atoms with van der Waals surface area (Å²) in [6, 6.07) is 8.41. The van der Waals surface area contributed by atoms with E-state index in [0.29, 0.717) is 17.8 Å². The maximum absolute atomic E-state index is 12.8. The zero-order valence-electron chi connectivity index (χ0n) is 13.3. The van der Waals surface area contributed by atoms with E-state index in [4.69, 9.17) is 10.5 Å². The topological polar surface area (TPSA) is 55.6 Å². The fraction of sp³-hybridized carbons (Fsp3) is 0.611. The van der Waals surface area contributed by atoms with Gasteiger partial charge in [-0.15, -0.1) is 12.4 Å². The fourth-order valence-electron chi connectivity index (χ4n) is 4.38. The number of amides is 1. The quantitative estimate of drug-likeness (QED) is 0.902. The molecule has 2 N–H and O–H groups in total. The van der Waals surface area contributed by atoms with Crippen LogP contribution in [-0.2, 0) is 4.74 Å². The van der Waals surface area contributed by atoms with Crippen molar-refractivity contribution < 1.29 is 9.53 Å². The van der Waals surface area contributed by atoms with Crippen molar-refractivity contribution in [2.75, 3.05) is 26.3 Å². The molecule has 2 aliphatic heterocycles. The van der Waals surface area contributed by atoms with Gasteiger partial charge in [0.1, 0.15) is 0 Å². The number of carbonyl (C=O) groups is 1. The zero-order valence-corrected chi connectivity index (χ0v) is 14.1. The van der Waals surface area contributed by atoms with Crippen molar-refractivity contribution in [1.29, 1.82) is 0 Å². The number of halogens is 1. The normalized spacial score (nSPS) is 32.7. The lowest BCUT2D eigenvalue weighted by atomic mass is 9.96. The smallest absolute Gasteiger partial charge is 0.253 e. The Labute approximate surface area is 143 Å². The Morgan fingerprint density at radius 2 is 2.09 bits per heavy atom. The van der Waals surface area contributed by atoms with Crippen LogP contribution >= 0.6 is 12.4 Å². The zero-order chi connectivity index (χ0) is 15.1. The minimum atomic E-state index is 0. The summed E-state index contributed by atoms with van der Waals surface area (Å²) in [5.74, 6) is 1.74. The third-order valence-corrected chi connectivity index (χ3v) is 5.73. The van der Waals surface area contributed by atoms with E-state index in [2.05, 4.69) is 12.1 Å². The van der Waals surface area contributed by atoms with Gasteiger partial charge >= 0.3 is 0 Å². The highest BCUT2D eigenvalue weighted by atomic mass is 35.5. The van der Waals surface area contributed by atoms with Crippen molar-refractivity contribution in [1.82, 2.24) is 4.90 Å². The van der Waals surface area contributed by atoms with E-state index in [9.17, 15) is 4.79 Å². The van der Waals surface area contributed by atoms with E-state index in [1.54, 1.807) is 0 Å². The minimum Gasteiger partial charge on any atom is -0.381 e. The number of carbonyl (C=O) groups excluding carboxylic acids is 1. The Balaban J connectivity index is 0.00000156. The SMILES string of the molecule is Cl.NC1CCC2CN(C(=O)c3cccc(C4CCOC4)c3)CC12. The average Bonchev–Trinajstić information content (AvgIpc) is 3.25. The van der Waals surface area contributed by atoms with Gasteiger partial charge in [0.15, 0.2) is 0 Å². The Morgan fingerprint density at radius 3 is 2.83 bits per heavy atom. The van der Waals surface area contributed by atoms with Crippen LogP contribution in [0.4, 0.5) is 0 Å². The van der Waals surface area contributed by atoms with Crippen LogP contribution < -0.4 is 5.73 Å². The van der Waals surface area contributed by atoms with E-state index < -0.39 is 0 Å². The Hall–Kier alpha value is -1.10. The van der Waals surface area contributed by atoms with Crippen LogP contribution in [0.5, 0.6) is 0 Å². The molecule has 4 rings (SSSR count). The summed E-state index contributed by atoms with van der Waals surface area (Å²) < 4.78 is 5.46. The predicted octanol–water partition coefficient (Wildman–Crippen LogP) is 2.42. The summed E-state index contributed by atoms with van der Waals surface area (Å²) in [4.78, 5) is 14.8. The molecule has 0 aromatic heterocycles. The number of hydrogen-bond donors (Lipinski definition) is 1. The standard InChI is InChI=1S/C18H24N2O2.ClH/c19-17-5-4-14-9-20(10-16(14)17)18(21)13-3-1-2-12(8-13)15-6-7-22-11-15;/h1-3,8,14-17H,4-7,9-11,19H2;1H. The fourth-order valence-corrected chi connectivity index (χ4v) is 4.38. The monoisotopic (exact) mass is 336 g/mol. The number of nitrogens with two attached hydrogens (primary N) is 1. The van der Waals surface area contributed by atoms with E-state index in [-0.39, 0.29) is 24.4 Å². The maximum Gasteiger partial charge on any atom is 0.253 e. The first-order chi connectivity index (χ1) is 10.7. The molecule has 4 nitrogen and oxygen atoms in total. The van der Waals surface area contributed by atoms with Gasteiger partial charge in [-0.2, -0.15) is 0 Å². The van der Waals surface area contributed by atoms with Crippen molar-refractivity contribution in [3.63, 3.8) is 0 Å². The highest BCUT2D eigenvalue weighted by molar-refractivity contribution is 5.94. The van der Waals surface area contributed by atoms with Crippen molar-refractivity contribution in [2.24, 2.45) is 17.6 Å². The number of benzene rings is 1. The molecule has 0 radical (unpaired) electrons. The number of rotatable bonds is 2. The molecule has 2 heterocycles. The number of likely N-dealkylation sites (tertiary alicyclic amines) is 1. The first kappa shape index (κ1) is 16.7. The second-order valence-corrected chi connectivity index (χ2v) is 7.06. The summed E-state index contributed by atoms with van der Waals surface area (Å²) in [5.41, 5.74) is 8.23. The van der Waals surface area contributed by atoms with Crippen LogP contribution in [0, 0.1) is 11.8 Å². The molecule has 1 aromatic rings. The molecule has 2 saturated heterocycles. The second-order valence-electron chi connectivity index (χ2n) is 7.06. The molecular weight excluding hydrogens is 312 g/mol. The third-order valence-electron chi connectivity index (χ3n) is 5.73. The molecule has 4 unspecified atom stereocenters. The van der Waals surface area contributed by atoms with Gasteiger partial charge in [0.2, 0.25) is 0 Å².